The summed E-state index contributed by atoms with van der Waals surface area (Å²) in [6.07, 6.45) is 2.42. The highest BCUT2D eigenvalue weighted by Crippen LogP contribution is 2.30. The van der Waals surface area contributed by atoms with Crippen molar-refractivity contribution in [2.24, 2.45) is 0 Å². The highest BCUT2D eigenvalue weighted by atomic mass is 19.1. The van der Waals surface area contributed by atoms with Crippen LogP contribution in [-0.2, 0) is 9.53 Å². The summed E-state index contributed by atoms with van der Waals surface area (Å²) in [5, 5.41) is 0. The molecule has 2 aromatic rings. The van der Waals surface area contributed by atoms with Gasteiger partial charge in [0.15, 0.2) is 0 Å². The monoisotopic (exact) mass is 313 g/mol. The largest absolute Gasteiger partial charge is 0.468 e. The molecule has 0 spiro atoms. The highest BCUT2D eigenvalue weighted by Gasteiger charge is 2.26. The van der Waals surface area contributed by atoms with Gasteiger partial charge in [-0.25, -0.2) is 4.39 Å². The number of carbonyl (C=O) groups excluding carboxylic acids is 1. The molecule has 0 amide bonds. The number of methoxy groups -OCH3 is 1. The van der Waals surface area contributed by atoms with E-state index in [1.807, 2.05) is 24.3 Å². The molecule has 0 saturated carbocycles. The molecule has 1 fully saturated rings. The van der Waals surface area contributed by atoms with Crippen LogP contribution in [-0.4, -0.2) is 26.2 Å². The van der Waals surface area contributed by atoms with E-state index < -0.39 is 17.7 Å². The number of carbonyl (C=O) groups is 1. The zero-order valence-electron chi connectivity index (χ0n) is 13.2. The molecule has 4 heteroatoms. The number of rotatable bonds is 4. The van der Waals surface area contributed by atoms with Crippen molar-refractivity contribution < 1.29 is 13.9 Å². The van der Waals surface area contributed by atoms with Crippen molar-refractivity contribution in [3.63, 3.8) is 0 Å². The van der Waals surface area contributed by atoms with Gasteiger partial charge in [-0.3, -0.25) is 4.79 Å². The first-order chi connectivity index (χ1) is 11.2. The van der Waals surface area contributed by atoms with Crippen molar-refractivity contribution in [2.75, 3.05) is 25.1 Å². The lowest BCUT2D eigenvalue weighted by atomic mass is 9.91. The van der Waals surface area contributed by atoms with Crippen LogP contribution >= 0.6 is 0 Å². The van der Waals surface area contributed by atoms with E-state index in [4.69, 9.17) is 4.74 Å². The summed E-state index contributed by atoms with van der Waals surface area (Å²) in [6.45, 7) is 2.13. The topological polar surface area (TPSA) is 29.5 Å². The highest BCUT2D eigenvalue weighted by molar-refractivity contribution is 5.82. The molecule has 3 rings (SSSR count). The fourth-order valence-electron chi connectivity index (χ4n) is 3.12. The number of esters is 1. The van der Waals surface area contributed by atoms with Crippen LogP contribution in [0.3, 0.4) is 0 Å². The van der Waals surface area contributed by atoms with Gasteiger partial charge in [-0.15, -0.1) is 0 Å². The van der Waals surface area contributed by atoms with E-state index in [0.717, 1.165) is 24.3 Å². The first-order valence-corrected chi connectivity index (χ1v) is 7.88. The second-order valence-electron chi connectivity index (χ2n) is 5.76. The van der Waals surface area contributed by atoms with E-state index in [9.17, 15) is 9.18 Å². The van der Waals surface area contributed by atoms with Crippen LogP contribution in [0.4, 0.5) is 10.1 Å². The summed E-state index contributed by atoms with van der Waals surface area (Å²) in [5.74, 6) is -1.59. The average molecular weight is 313 g/mol. The van der Waals surface area contributed by atoms with E-state index in [1.54, 1.807) is 18.2 Å². The van der Waals surface area contributed by atoms with E-state index >= 15 is 0 Å². The zero-order chi connectivity index (χ0) is 16.2. The molecule has 3 nitrogen and oxygen atoms in total. The molecule has 0 bridgehead atoms. The predicted molar refractivity (Wildman–Crippen MR) is 88.1 cm³/mol. The maximum absolute atomic E-state index is 14.1. The molecule has 120 valence electrons. The van der Waals surface area contributed by atoms with Crippen molar-refractivity contribution in [1.29, 1.82) is 0 Å². The SMILES string of the molecule is COC(=O)C(c1ccc(N2CCCC2)cc1)c1ccccc1F. The van der Waals surface area contributed by atoms with Gasteiger partial charge in [-0.2, -0.15) is 0 Å². The number of halogens is 1. The molecule has 23 heavy (non-hydrogen) atoms. The second-order valence-corrected chi connectivity index (χ2v) is 5.76. The van der Waals surface area contributed by atoms with Gasteiger partial charge in [0.05, 0.1) is 7.11 Å². The zero-order valence-corrected chi connectivity index (χ0v) is 13.2. The third kappa shape index (κ3) is 3.21. The molecular formula is C19H20FNO2. The third-order valence-electron chi connectivity index (χ3n) is 4.35. The summed E-state index contributed by atoms with van der Waals surface area (Å²) >= 11 is 0. The van der Waals surface area contributed by atoms with Crippen LogP contribution in [0, 0.1) is 5.82 Å². The van der Waals surface area contributed by atoms with Crippen LogP contribution in [0.1, 0.15) is 29.9 Å². The molecule has 0 aromatic heterocycles. The minimum Gasteiger partial charge on any atom is -0.468 e. The molecular weight excluding hydrogens is 293 g/mol. The summed E-state index contributed by atoms with van der Waals surface area (Å²) in [4.78, 5) is 14.5. The smallest absolute Gasteiger partial charge is 0.317 e. The predicted octanol–water partition coefficient (Wildman–Crippen LogP) is 3.73. The summed E-state index contributed by atoms with van der Waals surface area (Å²) < 4.78 is 19.0. The van der Waals surface area contributed by atoms with Crippen LogP contribution in [0.2, 0.25) is 0 Å². The number of ether oxygens (including phenoxy) is 1. The van der Waals surface area contributed by atoms with Gasteiger partial charge in [0.2, 0.25) is 0 Å². The number of hydrogen-bond donors (Lipinski definition) is 0. The molecule has 1 aliphatic heterocycles. The van der Waals surface area contributed by atoms with Crippen molar-refractivity contribution in [1.82, 2.24) is 0 Å². The van der Waals surface area contributed by atoms with Gasteiger partial charge in [0, 0.05) is 24.3 Å². The molecule has 0 N–H and O–H groups in total. The lowest BCUT2D eigenvalue weighted by molar-refractivity contribution is -0.141. The van der Waals surface area contributed by atoms with Crippen molar-refractivity contribution in [3.8, 4) is 0 Å². The third-order valence-corrected chi connectivity index (χ3v) is 4.35. The molecule has 1 heterocycles. The van der Waals surface area contributed by atoms with Crippen LogP contribution in [0.25, 0.3) is 0 Å². The van der Waals surface area contributed by atoms with E-state index in [1.165, 1.54) is 26.0 Å². The van der Waals surface area contributed by atoms with Crippen LogP contribution in [0.15, 0.2) is 48.5 Å². The number of nitrogens with zero attached hydrogens (tertiary/aromatic N) is 1. The fraction of sp³-hybridized carbons (Fsp3) is 0.316. The van der Waals surface area contributed by atoms with Crippen LogP contribution in [0.5, 0.6) is 0 Å². The quantitative estimate of drug-likeness (QED) is 0.806. The standard InChI is InChI=1S/C19H20FNO2/c1-23-19(22)18(16-6-2-3-7-17(16)20)14-8-10-15(11-9-14)21-12-4-5-13-21/h2-3,6-11,18H,4-5,12-13H2,1H3. The van der Waals surface area contributed by atoms with Crippen LogP contribution < -0.4 is 4.90 Å². The van der Waals surface area contributed by atoms with Crippen molar-refractivity contribution in [2.45, 2.75) is 18.8 Å². The maximum Gasteiger partial charge on any atom is 0.317 e. The molecule has 1 aliphatic rings. The normalized spacial score (nSPS) is 15.5. The first kappa shape index (κ1) is 15.5. The van der Waals surface area contributed by atoms with E-state index in [0.29, 0.717) is 5.56 Å². The summed E-state index contributed by atoms with van der Waals surface area (Å²) in [5.41, 5.74) is 2.22. The lowest BCUT2D eigenvalue weighted by Gasteiger charge is -2.20. The minimum absolute atomic E-state index is 0.341. The van der Waals surface area contributed by atoms with Gasteiger partial charge >= 0.3 is 5.97 Å². The Kier molecular flexibility index (Phi) is 4.60. The Balaban J connectivity index is 1.94. The number of hydrogen-bond acceptors (Lipinski definition) is 3. The van der Waals surface area contributed by atoms with E-state index in [-0.39, 0.29) is 0 Å². The Morgan fingerprint density at radius 2 is 1.74 bits per heavy atom. The lowest BCUT2D eigenvalue weighted by Crippen LogP contribution is -2.19. The molecule has 0 aliphatic carbocycles. The molecule has 0 radical (unpaired) electrons. The molecule has 1 unspecified atom stereocenters. The Morgan fingerprint density at radius 1 is 1.09 bits per heavy atom. The Hall–Kier alpha value is -2.36. The van der Waals surface area contributed by atoms with E-state index in [2.05, 4.69) is 4.90 Å². The number of benzene rings is 2. The summed E-state index contributed by atoms with van der Waals surface area (Å²) in [7, 11) is 1.33. The maximum atomic E-state index is 14.1. The average Bonchev–Trinajstić information content (AvgIpc) is 3.12. The second kappa shape index (κ2) is 6.82. The van der Waals surface area contributed by atoms with Gasteiger partial charge in [0.1, 0.15) is 11.7 Å². The minimum atomic E-state index is -0.742. The van der Waals surface area contributed by atoms with Gasteiger partial charge in [-0.05, 0) is 36.6 Å². The number of anilines is 1. The van der Waals surface area contributed by atoms with Crippen molar-refractivity contribution in [3.05, 3.63) is 65.5 Å². The Morgan fingerprint density at radius 3 is 2.35 bits per heavy atom. The first-order valence-electron chi connectivity index (χ1n) is 7.88. The Bertz CT molecular complexity index is 678. The van der Waals surface area contributed by atoms with Crippen molar-refractivity contribution >= 4 is 11.7 Å². The van der Waals surface area contributed by atoms with Gasteiger partial charge in [-0.1, -0.05) is 30.3 Å². The van der Waals surface area contributed by atoms with Gasteiger partial charge in [0.25, 0.3) is 0 Å². The summed E-state index contributed by atoms with van der Waals surface area (Å²) in [6, 6.07) is 14.1. The fourth-order valence-corrected chi connectivity index (χ4v) is 3.12. The Labute approximate surface area is 135 Å². The molecule has 1 saturated heterocycles. The van der Waals surface area contributed by atoms with Gasteiger partial charge < -0.3 is 9.64 Å². The molecule has 1 atom stereocenters. The molecule has 2 aromatic carbocycles.